The van der Waals surface area contributed by atoms with Crippen LogP contribution >= 0.6 is 0 Å². The van der Waals surface area contributed by atoms with Gasteiger partial charge in [-0.2, -0.15) is 9.61 Å². The molecule has 0 radical (unpaired) electrons. The number of para-hydroxylation sites is 1. The monoisotopic (exact) mass is 475 g/mol. The first-order chi connectivity index (χ1) is 17.1. The second-order valence-corrected chi connectivity index (χ2v) is 9.96. The van der Waals surface area contributed by atoms with Crippen molar-refractivity contribution >= 4 is 23.2 Å². The van der Waals surface area contributed by atoms with Gasteiger partial charge in [0.2, 0.25) is 0 Å². The van der Waals surface area contributed by atoms with Crippen molar-refractivity contribution < 1.29 is 9.53 Å². The van der Waals surface area contributed by atoms with E-state index in [1.807, 2.05) is 33.7 Å². The summed E-state index contributed by atoms with van der Waals surface area (Å²) < 4.78 is 8.05. The number of carbonyl (C=O) groups excluding carboxylic acids is 1. The van der Waals surface area contributed by atoms with Crippen LogP contribution in [0, 0.1) is 0 Å². The van der Waals surface area contributed by atoms with Crippen LogP contribution < -0.4 is 20.3 Å². The second-order valence-electron chi connectivity index (χ2n) is 9.96. The zero-order valence-corrected chi connectivity index (χ0v) is 20.3. The summed E-state index contributed by atoms with van der Waals surface area (Å²) in [5, 5.41) is 5.03. The quantitative estimate of drug-likeness (QED) is 0.579. The van der Waals surface area contributed by atoms with Crippen molar-refractivity contribution in [2.45, 2.75) is 44.2 Å². The van der Waals surface area contributed by atoms with E-state index in [-0.39, 0.29) is 18.0 Å². The van der Waals surface area contributed by atoms with Crippen molar-refractivity contribution in [2.75, 3.05) is 49.6 Å². The molecule has 2 saturated heterocycles. The number of rotatable bonds is 1. The third-order valence-corrected chi connectivity index (χ3v) is 7.41. The number of amides is 1. The van der Waals surface area contributed by atoms with Crippen LogP contribution in [0.4, 0.5) is 11.6 Å². The van der Waals surface area contributed by atoms with Crippen molar-refractivity contribution in [1.29, 1.82) is 0 Å². The van der Waals surface area contributed by atoms with E-state index in [0.717, 1.165) is 74.7 Å². The molecule has 3 aliphatic heterocycles. The highest BCUT2D eigenvalue weighted by atomic mass is 16.5. The molecule has 0 unspecified atom stereocenters. The Morgan fingerprint density at radius 1 is 1.06 bits per heavy atom. The maximum absolute atomic E-state index is 13.8. The first kappa shape index (κ1) is 22.2. The topological polar surface area (TPSA) is 92.2 Å². The molecule has 9 heteroatoms. The summed E-state index contributed by atoms with van der Waals surface area (Å²) in [6.45, 7) is 3.79. The van der Waals surface area contributed by atoms with Crippen LogP contribution in [0.5, 0.6) is 5.75 Å². The molecule has 3 aliphatic rings. The van der Waals surface area contributed by atoms with E-state index >= 15 is 0 Å². The van der Waals surface area contributed by atoms with Crippen LogP contribution in [0.1, 0.15) is 54.2 Å². The van der Waals surface area contributed by atoms with E-state index in [9.17, 15) is 4.79 Å². The number of ether oxygens (including phenoxy) is 1. The Labute approximate surface area is 205 Å². The minimum atomic E-state index is -0.0878. The molecule has 6 rings (SSSR count). The number of benzene rings is 1. The van der Waals surface area contributed by atoms with Crippen LogP contribution in [-0.4, -0.2) is 71.3 Å². The molecular weight excluding hydrogens is 442 g/mol. The number of fused-ring (bicyclic) bond motifs is 4. The summed E-state index contributed by atoms with van der Waals surface area (Å²) in [6.07, 6.45) is 4.80. The average Bonchev–Trinajstić information content (AvgIpc) is 3.29. The lowest BCUT2D eigenvalue weighted by atomic mass is 9.98. The number of nitrogens with zero attached hydrogens (tertiary/aromatic N) is 6. The highest BCUT2D eigenvalue weighted by Crippen LogP contribution is 2.35. The molecule has 0 aliphatic carbocycles. The van der Waals surface area contributed by atoms with Crippen LogP contribution in [0.2, 0.25) is 0 Å². The molecule has 0 saturated carbocycles. The molecule has 9 nitrogen and oxygen atoms in total. The Hall–Kier alpha value is -3.33. The number of carbonyl (C=O) groups is 1. The molecule has 2 fully saturated rings. The van der Waals surface area contributed by atoms with Crippen LogP contribution in [0.25, 0.3) is 5.65 Å². The molecule has 35 heavy (non-hydrogen) atoms. The molecular formula is C26H33N7O2. The second kappa shape index (κ2) is 9.03. The molecule has 2 N–H and O–H groups in total. The summed E-state index contributed by atoms with van der Waals surface area (Å²) >= 11 is 0. The van der Waals surface area contributed by atoms with Crippen molar-refractivity contribution in [3.8, 4) is 5.75 Å². The van der Waals surface area contributed by atoms with E-state index < -0.39 is 0 Å². The van der Waals surface area contributed by atoms with Crippen LogP contribution in [-0.2, 0) is 0 Å². The largest absolute Gasteiger partial charge is 0.493 e. The Bertz CT molecular complexity index is 1240. The molecule has 5 heterocycles. The van der Waals surface area contributed by atoms with Gasteiger partial charge in [0, 0.05) is 51.4 Å². The van der Waals surface area contributed by atoms with Gasteiger partial charge in [-0.25, -0.2) is 4.98 Å². The van der Waals surface area contributed by atoms with Crippen molar-refractivity contribution in [1.82, 2.24) is 19.5 Å². The number of nitrogens with two attached hydrogens (primary N) is 1. The standard InChI is InChI=1S/C26H33N7O2/c1-30-11-6-7-13-35-22-10-3-2-8-19(22)26(34)32-12-5-4-9-21(32)20-14-24-28-23(31-16-18(27)17-31)15-25(30)33(24)29-20/h2-3,8,10,14-15,18,21H,4-7,9,11-13,16-17,27H2,1H3/t21-/m0/s1. The van der Waals surface area contributed by atoms with Gasteiger partial charge in [0.15, 0.2) is 5.65 Å². The average molecular weight is 476 g/mol. The molecule has 2 aromatic heterocycles. The molecule has 1 atom stereocenters. The third-order valence-electron chi connectivity index (χ3n) is 7.41. The minimum absolute atomic E-state index is 0.0118. The third kappa shape index (κ3) is 4.07. The van der Waals surface area contributed by atoms with E-state index in [1.165, 1.54) is 0 Å². The lowest BCUT2D eigenvalue weighted by molar-refractivity contribution is 0.0601. The number of anilines is 2. The zero-order chi connectivity index (χ0) is 23.9. The Kier molecular flexibility index (Phi) is 5.72. The SMILES string of the molecule is CN1CCCCOc2ccccc2C(=O)N2CCCC[C@H]2c2cc3nc(N4CC(N)C4)cc1n3n2. The molecule has 184 valence electrons. The van der Waals surface area contributed by atoms with Crippen molar-refractivity contribution in [3.63, 3.8) is 0 Å². The summed E-state index contributed by atoms with van der Waals surface area (Å²) in [6, 6.07) is 11.9. The molecule has 3 aromatic rings. The molecule has 0 spiro atoms. The number of hydrogen-bond acceptors (Lipinski definition) is 7. The van der Waals surface area contributed by atoms with Crippen LogP contribution in [0.15, 0.2) is 36.4 Å². The summed E-state index contributed by atoms with van der Waals surface area (Å²) in [5.41, 5.74) is 8.39. The van der Waals surface area contributed by atoms with Gasteiger partial charge in [0.1, 0.15) is 17.4 Å². The Morgan fingerprint density at radius 3 is 2.74 bits per heavy atom. The van der Waals surface area contributed by atoms with Gasteiger partial charge in [-0.1, -0.05) is 12.1 Å². The smallest absolute Gasteiger partial charge is 0.258 e. The fourth-order valence-corrected chi connectivity index (χ4v) is 5.41. The first-order valence-corrected chi connectivity index (χ1v) is 12.7. The van der Waals surface area contributed by atoms with E-state index in [4.69, 9.17) is 20.6 Å². The maximum atomic E-state index is 13.8. The predicted octanol–water partition coefficient (Wildman–Crippen LogP) is 2.85. The summed E-state index contributed by atoms with van der Waals surface area (Å²) in [4.78, 5) is 25.2. The van der Waals surface area contributed by atoms with Gasteiger partial charge >= 0.3 is 0 Å². The minimum Gasteiger partial charge on any atom is -0.493 e. The summed E-state index contributed by atoms with van der Waals surface area (Å²) in [5.74, 6) is 2.62. The van der Waals surface area contributed by atoms with Gasteiger partial charge in [-0.05, 0) is 44.2 Å². The Balaban J connectivity index is 1.45. The van der Waals surface area contributed by atoms with Crippen molar-refractivity contribution in [2.24, 2.45) is 5.73 Å². The fourth-order valence-electron chi connectivity index (χ4n) is 5.41. The highest BCUT2D eigenvalue weighted by molar-refractivity contribution is 5.97. The van der Waals surface area contributed by atoms with Gasteiger partial charge in [0.25, 0.3) is 5.91 Å². The lowest BCUT2D eigenvalue weighted by Gasteiger charge is -2.38. The molecule has 2 bridgehead atoms. The maximum Gasteiger partial charge on any atom is 0.258 e. The van der Waals surface area contributed by atoms with Gasteiger partial charge in [0.05, 0.1) is 23.9 Å². The number of piperidine rings is 1. The first-order valence-electron chi connectivity index (χ1n) is 12.7. The Morgan fingerprint density at radius 2 is 1.89 bits per heavy atom. The highest BCUT2D eigenvalue weighted by Gasteiger charge is 2.33. The normalized spacial score (nSPS) is 21.7. The number of hydrogen-bond donors (Lipinski definition) is 1. The van der Waals surface area contributed by atoms with Gasteiger partial charge in [-0.15, -0.1) is 0 Å². The fraction of sp³-hybridized carbons (Fsp3) is 0.500. The lowest BCUT2D eigenvalue weighted by Crippen LogP contribution is -2.56. The van der Waals surface area contributed by atoms with Crippen LogP contribution in [0.3, 0.4) is 0 Å². The molecule has 1 aromatic carbocycles. The predicted molar refractivity (Wildman–Crippen MR) is 135 cm³/mol. The summed E-state index contributed by atoms with van der Waals surface area (Å²) in [7, 11) is 2.10. The number of aromatic nitrogens is 3. The van der Waals surface area contributed by atoms with Crippen molar-refractivity contribution in [3.05, 3.63) is 47.7 Å². The van der Waals surface area contributed by atoms with E-state index in [0.29, 0.717) is 24.5 Å². The molecule has 1 amide bonds. The van der Waals surface area contributed by atoms with Gasteiger partial charge < -0.3 is 25.2 Å². The zero-order valence-electron chi connectivity index (χ0n) is 20.3. The van der Waals surface area contributed by atoms with Gasteiger partial charge in [-0.3, -0.25) is 4.79 Å². The van der Waals surface area contributed by atoms with E-state index in [1.54, 1.807) is 0 Å². The van der Waals surface area contributed by atoms with E-state index in [2.05, 4.69) is 29.0 Å².